The number of likely N-dealkylation sites (N-methyl/N-ethyl adjacent to an activating group) is 1. The van der Waals surface area contributed by atoms with Gasteiger partial charge in [0.15, 0.2) is 0 Å². The van der Waals surface area contributed by atoms with Crippen molar-refractivity contribution in [3.8, 4) is 0 Å². The lowest BCUT2D eigenvalue weighted by atomic mass is 10.1. The number of anilines is 2. The number of piperazine rings is 1. The van der Waals surface area contributed by atoms with E-state index in [0.717, 1.165) is 43.2 Å². The molecule has 1 fully saturated rings. The molecule has 1 aliphatic rings. The van der Waals surface area contributed by atoms with E-state index in [4.69, 9.17) is 0 Å². The number of thiophene rings is 1. The van der Waals surface area contributed by atoms with Crippen LogP contribution >= 0.6 is 11.3 Å². The van der Waals surface area contributed by atoms with Crippen LogP contribution in [0.15, 0.2) is 70.9 Å². The lowest BCUT2D eigenvalue weighted by molar-refractivity contribution is -0.115. The number of nitrogens with zero attached hydrogens (tertiary/aromatic N) is 2. The molecule has 1 saturated heterocycles. The van der Waals surface area contributed by atoms with E-state index in [0.29, 0.717) is 11.4 Å². The number of benzene rings is 2. The average molecular weight is 513 g/mol. The van der Waals surface area contributed by atoms with Crippen LogP contribution in [0.25, 0.3) is 0 Å². The zero-order valence-electron chi connectivity index (χ0n) is 20.1. The molecule has 0 unspecified atom stereocenters. The lowest BCUT2D eigenvalue weighted by Gasteiger charge is -2.36. The van der Waals surface area contributed by atoms with Crippen LogP contribution in [0.3, 0.4) is 0 Å². The SMILES string of the molecule is CCN1CCN(c2ccc(NC(=O)Cc3cccs3)cc2S(=O)(=O)N[C@H](C)c2ccccc2)CC1. The molecule has 3 aromatic rings. The summed E-state index contributed by atoms with van der Waals surface area (Å²) < 4.78 is 30.1. The van der Waals surface area contributed by atoms with Crippen LogP contribution < -0.4 is 14.9 Å². The van der Waals surface area contributed by atoms with Gasteiger partial charge in [-0.2, -0.15) is 0 Å². The second kappa shape index (κ2) is 11.3. The fourth-order valence-electron chi connectivity index (χ4n) is 4.26. The van der Waals surface area contributed by atoms with Crippen LogP contribution in [0.5, 0.6) is 0 Å². The molecule has 35 heavy (non-hydrogen) atoms. The molecule has 1 aliphatic heterocycles. The van der Waals surface area contributed by atoms with Crippen molar-refractivity contribution >= 4 is 38.6 Å². The molecule has 1 amide bonds. The number of carbonyl (C=O) groups is 1. The third kappa shape index (κ3) is 6.49. The molecule has 186 valence electrons. The predicted octanol–water partition coefficient (Wildman–Crippen LogP) is 4.11. The number of nitrogens with one attached hydrogen (secondary N) is 2. The van der Waals surface area contributed by atoms with Gasteiger partial charge >= 0.3 is 0 Å². The normalized spacial score (nSPS) is 15.7. The maximum absolute atomic E-state index is 13.6. The zero-order chi connectivity index (χ0) is 24.8. The summed E-state index contributed by atoms with van der Waals surface area (Å²) in [6.07, 6.45) is 0.254. The van der Waals surface area contributed by atoms with Gasteiger partial charge in [0.1, 0.15) is 4.90 Å². The van der Waals surface area contributed by atoms with E-state index in [1.165, 1.54) is 11.3 Å². The first-order valence-electron chi connectivity index (χ1n) is 11.9. The van der Waals surface area contributed by atoms with Gasteiger partial charge in [-0.3, -0.25) is 4.79 Å². The summed E-state index contributed by atoms with van der Waals surface area (Å²) in [5.74, 6) is -0.175. The van der Waals surface area contributed by atoms with Gasteiger partial charge in [-0.25, -0.2) is 13.1 Å². The molecule has 4 rings (SSSR count). The van der Waals surface area contributed by atoms with E-state index in [2.05, 4.69) is 26.8 Å². The number of carbonyl (C=O) groups excluding carboxylic acids is 1. The number of sulfonamides is 1. The molecule has 0 saturated carbocycles. The molecule has 1 aromatic heterocycles. The number of amides is 1. The summed E-state index contributed by atoms with van der Waals surface area (Å²) in [5.41, 5.74) is 2.01. The molecule has 2 aromatic carbocycles. The van der Waals surface area contributed by atoms with E-state index < -0.39 is 16.1 Å². The molecule has 0 bridgehead atoms. The average Bonchev–Trinajstić information content (AvgIpc) is 3.37. The summed E-state index contributed by atoms with van der Waals surface area (Å²) in [7, 11) is -3.87. The van der Waals surface area contributed by atoms with Gasteiger partial charge in [-0.05, 0) is 48.7 Å². The maximum Gasteiger partial charge on any atom is 0.243 e. The Bertz CT molecular complexity index is 1220. The first kappa shape index (κ1) is 25.4. The van der Waals surface area contributed by atoms with Crippen molar-refractivity contribution in [1.82, 2.24) is 9.62 Å². The fourth-order valence-corrected chi connectivity index (χ4v) is 6.44. The van der Waals surface area contributed by atoms with Gasteiger partial charge in [-0.1, -0.05) is 43.3 Å². The quantitative estimate of drug-likeness (QED) is 0.451. The highest BCUT2D eigenvalue weighted by atomic mass is 32.2. The number of hydrogen-bond acceptors (Lipinski definition) is 6. The van der Waals surface area contributed by atoms with Crippen molar-refractivity contribution in [3.05, 3.63) is 76.5 Å². The smallest absolute Gasteiger partial charge is 0.243 e. The largest absolute Gasteiger partial charge is 0.368 e. The molecule has 9 heteroatoms. The van der Waals surface area contributed by atoms with E-state index in [9.17, 15) is 13.2 Å². The van der Waals surface area contributed by atoms with Gasteiger partial charge < -0.3 is 15.1 Å². The van der Waals surface area contributed by atoms with Crippen LogP contribution in [-0.4, -0.2) is 51.9 Å². The van der Waals surface area contributed by atoms with Crippen molar-refractivity contribution in [2.24, 2.45) is 0 Å². The molecule has 2 heterocycles. The van der Waals surface area contributed by atoms with Gasteiger partial charge in [0.05, 0.1) is 12.1 Å². The highest BCUT2D eigenvalue weighted by molar-refractivity contribution is 7.89. The summed E-state index contributed by atoms with van der Waals surface area (Å²) >= 11 is 1.52. The first-order chi connectivity index (χ1) is 16.9. The summed E-state index contributed by atoms with van der Waals surface area (Å²) in [4.78, 5) is 18.2. The van der Waals surface area contributed by atoms with Crippen molar-refractivity contribution in [2.45, 2.75) is 31.2 Å². The minimum absolute atomic E-state index is 0.175. The van der Waals surface area contributed by atoms with Crippen LogP contribution in [-0.2, 0) is 21.2 Å². The van der Waals surface area contributed by atoms with E-state index in [-0.39, 0.29) is 17.2 Å². The standard InChI is InChI=1S/C26H32N4O3S2/c1-3-29-13-15-30(16-14-29)24-12-11-22(27-26(31)19-23-10-7-17-34-23)18-25(24)35(32,33)28-20(2)21-8-5-4-6-9-21/h4-12,17-18,20,28H,3,13-16,19H2,1-2H3,(H,27,31)/t20-/m1/s1. The second-order valence-electron chi connectivity index (χ2n) is 8.66. The minimum atomic E-state index is -3.87. The summed E-state index contributed by atoms with van der Waals surface area (Å²) in [5, 5.41) is 4.80. The molecule has 2 N–H and O–H groups in total. The molecule has 0 aliphatic carbocycles. The van der Waals surface area contributed by atoms with Crippen LogP contribution in [0.2, 0.25) is 0 Å². The maximum atomic E-state index is 13.6. The number of rotatable bonds is 9. The van der Waals surface area contributed by atoms with Crippen LogP contribution in [0.4, 0.5) is 11.4 Å². The van der Waals surface area contributed by atoms with Crippen molar-refractivity contribution in [3.63, 3.8) is 0 Å². The molecule has 0 radical (unpaired) electrons. The summed E-state index contributed by atoms with van der Waals surface area (Å²) in [6.45, 7) is 8.19. The topological polar surface area (TPSA) is 81.8 Å². The zero-order valence-corrected chi connectivity index (χ0v) is 21.7. The predicted molar refractivity (Wildman–Crippen MR) is 143 cm³/mol. The Morgan fingerprint density at radius 2 is 1.77 bits per heavy atom. The van der Waals surface area contributed by atoms with Crippen LogP contribution in [0.1, 0.15) is 30.3 Å². The van der Waals surface area contributed by atoms with Gasteiger partial charge in [0.2, 0.25) is 15.9 Å². The Balaban J connectivity index is 1.61. The van der Waals surface area contributed by atoms with E-state index in [1.807, 2.05) is 60.8 Å². The first-order valence-corrected chi connectivity index (χ1v) is 14.2. The third-order valence-electron chi connectivity index (χ3n) is 6.24. The summed E-state index contributed by atoms with van der Waals surface area (Å²) in [6, 6.07) is 18.1. The molecular weight excluding hydrogens is 480 g/mol. The Kier molecular flexibility index (Phi) is 8.22. The van der Waals surface area contributed by atoms with Crippen molar-refractivity contribution in [2.75, 3.05) is 42.9 Å². The Hall–Kier alpha value is -2.72. The molecule has 1 atom stereocenters. The van der Waals surface area contributed by atoms with Gasteiger partial charge in [-0.15, -0.1) is 11.3 Å². The Labute approximate surface area is 211 Å². The van der Waals surface area contributed by atoms with Crippen molar-refractivity contribution < 1.29 is 13.2 Å². The third-order valence-corrected chi connectivity index (χ3v) is 8.69. The second-order valence-corrected chi connectivity index (χ2v) is 11.4. The molecular formula is C26H32N4O3S2. The Morgan fingerprint density at radius 1 is 1.03 bits per heavy atom. The lowest BCUT2D eigenvalue weighted by Crippen LogP contribution is -2.46. The monoisotopic (exact) mass is 512 g/mol. The highest BCUT2D eigenvalue weighted by Gasteiger charge is 2.27. The highest BCUT2D eigenvalue weighted by Crippen LogP contribution is 2.31. The fraction of sp³-hybridized carbons (Fsp3) is 0.346. The molecule has 7 nitrogen and oxygen atoms in total. The minimum Gasteiger partial charge on any atom is -0.368 e. The van der Waals surface area contributed by atoms with Gasteiger partial charge in [0.25, 0.3) is 0 Å². The molecule has 0 spiro atoms. The van der Waals surface area contributed by atoms with E-state index in [1.54, 1.807) is 12.1 Å². The van der Waals surface area contributed by atoms with E-state index >= 15 is 0 Å². The van der Waals surface area contributed by atoms with Crippen molar-refractivity contribution in [1.29, 1.82) is 0 Å². The van der Waals surface area contributed by atoms with Crippen LogP contribution in [0, 0.1) is 0 Å². The Morgan fingerprint density at radius 3 is 2.43 bits per heavy atom. The number of hydrogen-bond donors (Lipinski definition) is 2. The van der Waals surface area contributed by atoms with Gasteiger partial charge in [0, 0.05) is 42.8 Å².